The van der Waals surface area contributed by atoms with E-state index in [1.165, 1.54) is 0 Å². The summed E-state index contributed by atoms with van der Waals surface area (Å²) in [5.41, 5.74) is 2.02. The Kier molecular flexibility index (Phi) is 5.05. The van der Waals surface area contributed by atoms with Gasteiger partial charge in [0.2, 0.25) is 5.91 Å². The van der Waals surface area contributed by atoms with Crippen LogP contribution in [-0.2, 0) is 24.3 Å². The van der Waals surface area contributed by atoms with Gasteiger partial charge in [-0.2, -0.15) is 0 Å². The third kappa shape index (κ3) is 3.47. The summed E-state index contributed by atoms with van der Waals surface area (Å²) in [5.74, 6) is 2.44. The van der Waals surface area contributed by atoms with E-state index in [1.807, 2.05) is 60.0 Å². The Balaban J connectivity index is 1.56. The summed E-state index contributed by atoms with van der Waals surface area (Å²) in [6.45, 7) is 2.78. The zero-order valence-corrected chi connectivity index (χ0v) is 16.6. The molecule has 7 heteroatoms. The van der Waals surface area contributed by atoms with Gasteiger partial charge in [0.05, 0.1) is 13.7 Å². The fourth-order valence-corrected chi connectivity index (χ4v) is 3.75. The second kappa shape index (κ2) is 7.64. The summed E-state index contributed by atoms with van der Waals surface area (Å²) < 4.78 is 7.16. The minimum atomic E-state index is -0.352. The molecule has 2 aromatic carbocycles. The lowest BCUT2D eigenvalue weighted by Gasteiger charge is -2.32. The standard InChI is InChI=1S/C21H21ClN4O2/c1-14-21(27)25(12-16-5-3-4-6-18(16)22)13-20-24-23-19(26(14)20)11-15-7-9-17(28-2)10-8-15/h3-10,14H,11-13H2,1-2H3/t14-/m0/s1. The van der Waals surface area contributed by atoms with Gasteiger partial charge in [-0.05, 0) is 36.2 Å². The van der Waals surface area contributed by atoms with Crippen molar-refractivity contribution in [3.8, 4) is 5.75 Å². The van der Waals surface area contributed by atoms with Crippen LogP contribution < -0.4 is 4.74 Å². The molecular weight excluding hydrogens is 376 g/mol. The quantitative estimate of drug-likeness (QED) is 0.660. The smallest absolute Gasteiger partial charge is 0.246 e. The number of hydrogen-bond acceptors (Lipinski definition) is 4. The Hall–Kier alpha value is -2.86. The molecule has 2 heterocycles. The minimum Gasteiger partial charge on any atom is -0.497 e. The van der Waals surface area contributed by atoms with Crippen molar-refractivity contribution in [3.63, 3.8) is 0 Å². The first-order valence-electron chi connectivity index (χ1n) is 9.14. The normalized spacial score (nSPS) is 16.2. The number of fused-ring (bicyclic) bond motifs is 1. The van der Waals surface area contributed by atoms with E-state index in [2.05, 4.69) is 10.2 Å². The van der Waals surface area contributed by atoms with Crippen LogP contribution >= 0.6 is 11.6 Å². The molecule has 3 aromatic rings. The molecule has 6 nitrogen and oxygen atoms in total. The molecule has 0 spiro atoms. The molecule has 0 unspecified atom stereocenters. The molecule has 0 N–H and O–H groups in total. The van der Waals surface area contributed by atoms with E-state index in [-0.39, 0.29) is 11.9 Å². The Morgan fingerprint density at radius 1 is 1.14 bits per heavy atom. The van der Waals surface area contributed by atoms with Gasteiger partial charge in [0, 0.05) is 18.0 Å². The second-order valence-electron chi connectivity index (χ2n) is 6.89. The summed E-state index contributed by atoms with van der Waals surface area (Å²) in [4.78, 5) is 14.8. The molecule has 0 saturated heterocycles. The van der Waals surface area contributed by atoms with Crippen molar-refractivity contribution in [1.82, 2.24) is 19.7 Å². The van der Waals surface area contributed by atoms with Gasteiger partial charge in [0.15, 0.2) is 5.82 Å². The SMILES string of the molecule is COc1ccc(Cc2nnc3n2[C@@H](C)C(=O)N(Cc2ccccc2Cl)C3)cc1. The van der Waals surface area contributed by atoms with Crippen LogP contribution in [0.5, 0.6) is 5.75 Å². The van der Waals surface area contributed by atoms with Crippen molar-refractivity contribution in [3.05, 3.63) is 76.3 Å². The predicted molar refractivity (Wildman–Crippen MR) is 106 cm³/mol. The van der Waals surface area contributed by atoms with Gasteiger partial charge in [-0.3, -0.25) is 4.79 Å². The Morgan fingerprint density at radius 2 is 1.89 bits per heavy atom. The van der Waals surface area contributed by atoms with Crippen LogP contribution in [0, 0.1) is 0 Å². The largest absolute Gasteiger partial charge is 0.497 e. The number of carbonyl (C=O) groups excluding carboxylic acids is 1. The van der Waals surface area contributed by atoms with Crippen molar-refractivity contribution < 1.29 is 9.53 Å². The number of benzene rings is 2. The van der Waals surface area contributed by atoms with Gasteiger partial charge >= 0.3 is 0 Å². The van der Waals surface area contributed by atoms with E-state index in [9.17, 15) is 4.79 Å². The summed E-state index contributed by atoms with van der Waals surface area (Å²) in [5, 5.41) is 9.37. The number of ether oxygens (including phenoxy) is 1. The maximum absolute atomic E-state index is 13.0. The van der Waals surface area contributed by atoms with Gasteiger partial charge in [0.25, 0.3) is 0 Å². The molecule has 0 fully saturated rings. The van der Waals surface area contributed by atoms with Gasteiger partial charge in [-0.1, -0.05) is 41.9 Å². The maximum atomic E-state index is 13.0. The number of methoxy groups -OCH3 is 1. The first-order valence-corrected chi connectivity index (χ1v) is 9.52. The summed E-state index contributed by atoms with van der Waals surface area (Å²) in [6.07, 6.45) is 0.610. The first kappa shape index (κ1) is 18.5. The van der Waals surface area contributed by atoms with Crippen LogP contribution in [-0.4, -0.2) is 32.7 Å². The second-order valence-corrected chi connectivity index (χ2v) is 7.30. The molecule has 28 heavy (non-hydrogen) atoms. The monoisotopic (exact) mass is 396 g/mol. The lowest BCUT2D eigenvalue weighted by atomic mass is 10.1. The van der Waals surface area contributed by atoms with E-state index in [1.54, 1.807) is 12.0 Å². The zero-order valence-electron chi connectivity index (χ0n) is 15.8. The van der Waals surface area contributed by atoms with Crippen LogP contribution in [0.3, 0.4) is 0 Å². The third-order valence-corrected chi connectivity index (χ3v) is 5.43. The van der Waals surface area contributed by atoms with E-state index < -0.39 is 0 Å². The van der Waals surface area contributed by atoms with Crippen molar-refractivity contribution in [2.75, 3.05) is 7.11 Å². The molecule has 0 saturated carbocycles. The molecular formula is C21H21ClN4O2. The fraction of sp³-hybridized carbons (Fsp3) is 0.286. The Labute approximate surface area is 168 Å². The molecule has 4 rings (SSSR count). The number of aromatic nitrogens is 3. The van der Waals surface area contributed by atoms with E-state index >= 15 is 0 Å². The van der Waals surface area contributed by atoms with Gasteiger partial charge in [-0.15, -0.1) is 10.2 Å². The molecule has 1 aromatic heterocycles. The van der Waals surface area contributed by atoms with Crippen LogP contribution in [0.1, 0.15) is 35.7 Å². The number of hydrogen-bond donors (Lipinski definition) is 0. The fourth-order valence-electron chi connectivity index (χ4n) is 3.55. The summed E-state index contributed by atoms with van der Waals surface area (Å²) >= 11 is 6.26. The van der Waals surface area contributed by atoms with Crippen molar-refractivity contribution >= 4 is 17.5 Å². The molecule has 0 bridgehead atoms. The highest BCUT2D eigenvalue weighted by molar-refractivity contribution is 6.31. The van der Waals surface area contributed by atoms with Crippen molar-refractivity contribution in [2.45, 2.75) is 32.5 Å². The number of amides is 1. The van der Waals surface area contributed by atoms with Crippen LogP contribution in [0.4, 0.5) is 0 Å². The number of carbonyl (C=O) groups is 1. The average Bonchev–Trinajstić information content (AvgIpc) is 3.10. The molecule has 144 valence electrons. The highest BCUT2D eigenvalue weighted by Gasteiger charge is 2.33. The Bertz CT molecular complexity index is 1000. The predicted octanol–water partition coefficient (Wildman–Crippen LogP) is 3.63. The van der Waals surface area contributed by atoms with Gasteiger partial charge in [0.1, 0.15) is 17.6 Å². The first-order chi connectivity index (χ1) is 13.6. The highest BCUT2D eigenvalue weighted by Crippen LogP contribution is 2.27. The summed E-state index contributed by atoms with van der Waals surface area (Å²) in [6, 6.07) is 15.1. The highest BCUT2D eigenvalue weighted by atomic mass is 35.5. The van der Waals surface area contributed by atoms with Crippen LogP contribution in [0.25, 0.3) is 0 Å². The number of halogens is 1. The van der Waals surface area contributed by atoms with Crippen LogP contribution in [0.15, 0.2) is 48.5 Å². The van der Waals surface area contributed by atoms with E-state index in [0.717, 1.165) is 28.5 Å². The number of rotatable bonds is 5. The number of nitrogens with zero attached hydrogens (tertiary/aromatic N) is 4. The van der Waals surface area contributed by atoms with Crippen LogP contribution in [0.2, 0.25) is 5.02 Å². The molecule has 1 aliphatic heterocycles. The summed E-state index contributed by atoms with van der Waals surface area (Å²) in [7, 11) is 1.64. The molecule has 1 amide bonds. The minimum absolute atomic E-state index is 0.0446. The van der Waals surface area contributed by atoms with E-state index in [4.69, 9.17) is 16.3 Å². The Morgan fingerprint density at radius 3 is 2.61 bits per heavy atom. The average molecular weight is 397 g/mol. The lowest BCUT2D eigenvalue weighted by molar-refractivity contribution is -0.137. The molecule has 0 aliphatic carbocycles. The van der Waals surface area contributed by atoms with Crippen molar-refractivity contribution in [2.24, 2.45) is 0 Å². The van der Waals surface area contributed by atoms with Crippen molar-refractivity contribution in [1.29, 1.82) is 0 Å². The van der Waals surface area contributed by atoms with Gasteiger partial charge in [-0.25, -0.2) is 0 Å². The third-order valence-electron chi connectivity index (χ3n) is 5.07. The topological polar surface area (TPSA) is 60.3 Å². The zero-order chi connectivity index (χ0) is 19.7. The molecule has 1 aliphatic rings. The van der Waals surface area contributed by atoms with Gasteiger partial charge < -0.3 is 14.2 Å². The van der Waals surface area contributed by atoms with E-state index in [0.29, 0.717) is 24.5 Å². The maximum Gasteiger partial charge on any atom is 0.246 e. The lowest BCUT2D eigenvalue weighted by Crippen LogP contribution is -2.41. The molecule has 0 radical (unpaired) electrons. The molecule has 1 atom stereocenters.